The number of carbonyl (C=O) groups excluding carboxylic acids is 2. The van der Waals surface area contributed by atoms with Gasteiger partial charge in [0.15, 0.2) is 0 Å². The lowest BCUT2D eigenvalue weighted by molar-refractivity contribution is -0.139. The second-order valence-electron chi connectivity index (χ2n) is 6.84. The Bertz CT molecular complexity index is 532. The van der Waals surface area contributed by atoms with E-state index in [1.54, 1.807) is 0 Å². The van der Waals surface area contributed by atoms with E-state index >= 15 is 0 Å². The summed E-state index contributed by atoms with van der Waals surface area (Å²) in [6.45, 7) is 3.49. The Hall–Kier alpha value is -1.40. The maximum atomic E-state index is 11.8. The molecule has 0 bridgehead atoms. The third-order valence-electron chi connectivity index (χ3n) is 5.14. The average molecular weight is 350 g/mol. The molecule has 5 nitrogen and oxygen atoms in total. The smallest absolute Gasteiger partial charge is 0.309 e. The molecular formula is C18H27N3O2S. The lowest BCUT2D eigenvalue weighted by Gasteiger charge is -2.31. The minimum atomic E-state index is -0.490. The summed E-state index contributed by atoms with van der Waals surface area (Å²) >= 11 is 1.85. The van der Waals surface area contributed by atoms with E-state index in [1.807, 2.05) is 11.3 Å². The molecular weight excluding hydrogens is 322 g/mol. The van der Waals surface area contributed by atoms with Gasteiger partial charge in [0, 0.05) is 24.0 Å². The van der Waals surface area contributed by atoms with Gasteiger partial charge in [-0.15, -0.1) is 11.3 Å². The number of carbonyl (C=O) groups is 2. The van der Waals surface area contributed by atoms with Crippen LogP contribution in [-0.2, 0) is 9.59 Å². The van der Waals surface area contributed by atoms with Crippen molar-refractivity contribution in [2.45, 2.75) is 50.5 Å². The Labute approximate surface area is 147 Å². The fraction of sp³-hybridized carbons (Fsp3) is 0.667. The van der Waals surface area contributed by atoms with Gasteiger partial charge in [0.1, 0.15) is 0 Å². The first-order valence-electron chi connectivity index (χ1n) is 9.07. The summed E-state index contributed by atoms with van der Waals surface area (Å²) in [6, 6.07) is 4.55. The largest absolute Gasteiger partial charge is 0.347 e. The third kappa shape index (κ3) is 4.80. The number of nitrogens with zero attached hydrogens (tertiary/aromatic N) is 1. The molecule has 1 saturated carbocycles. The highest BCUT2D eigenvalue weighted by molar-refractivity contribution is 7.10. The number of rotatable bonds is 5. The van der Waals surface area contributed by atoms with Gasteiger partial charge in [-0.05, 0) is 56.1 Å². The lowest BCUT2D eigenvalue weighted by atomic mass is 9.95. The van der Waals surface area contributed by atoms with E-state index in [2.05, 4.69) is 33.0 Å². The van der Waals surface area contributed by atoms with Gasteiger partial charge in [-0.2, -0.15) is 0 Å². The van der Waals surface area contributed by atoms with Gasteiger partial charge in [0.05, 0.1) is 0 Å². The summed E-state index contributed by atoms with van der Waals surface area (Å²) in [5, 5.41) is 7.72. The van der Waals surface area contributed by atoms with Crippen molar-refractivity contribution in [1.82, 2.24) is 15.5 Å². The molecule has 2 amide bonds. The van der Waals surface area contributed by atoms with Crippen LogP contribution < -0.4 is 10.6 Å². The molecule has 0 aromatic carbocycles. The summed E-state index contributed by atoms with van der Waals surface area (Å²) in [5.74, 6) is -0.276. The van der Waals surface area contributed by atoms with E-state index in [9.17, 15) is 9.59 Å². The van der Waals surface area contributed by atoms with Crippen LogP contribution in [0.25, 0.3) is 0 Å². The van der Waals surface area contributed by atoms with Crippen molar-refractivity contribution in [2.75, 3.05) is 26.2 Å². The molecule has 0 atom stereocenters. The van der Waals surface area contributed by atoms with Crippen LogP contribution in [0.4, 0.5) is 0 Å². The number of piperidine rings is 1. The highest BCUT2D eigenvalue weighted by atomic mass is 32.1. The molecule has 1 aliphatic heterocycles. The Morgan fingerprint density at radius 2 is 1.88 bits per heavy atom. The molecule has 0 spiro atoms. The maximum absolute atomic E-state index is 11.8. The highest BCUT2D eigenvalue weighted by Gasteiger charge is 2.23. The summed E-state index contributed by atoms with van der Waals surface area (Å²) in [7, 11) is 0. The zero-order valence-corrected chi connectivity index (χ0v) is 14.9. The fourth-order valence-corrected chi connectivity index (χ4v) is 4.59. The predicted octanol–water partition coefficient (Wildman–Crippen LogP) is 2.10. The average Bonchev–Trinajstić information content (AvgIpc) is 3.29. The van der Waals surface area contributed by atoms with Crippen molar-refractivity contribution in [3.05, 3.63) is 22.4 Å². The van der Waals surface area contributed by atoms with E-state index in [0.717, 1.165) is 45.3 Å². The zero-order chi connectivity index (χ0) is 16.8. The molecule has 3 rings (SSSR count). The van der Waals surface area contributed by atoms with Crippen molar-refractivity contribution in [1.29, 1.82) is 0 Å². The van der Waals surface area contributed by atoms with E-state index < -0.39 is 11.8 Å². The first-order valence-corrected chi connectivity index (χ1v) is 9.95. The zero-order valence-electron chi connectivity index (χ0n) is 14.1. The molecule has 6 heteroatoms. The van der Waals surface area contributed by atoms with Gasteiger partial charge >= 0.3 is 11.8 Å². The van der Waals surface area contributed by atoms with Crippen molar-refractivity contribution < 1.29 is 9.59 Å². The highest BCUT2D eigenvalue weighted by Crippen LogP contribution is 2.30. The van der Waals surface area contributed by atoms with Crippen LogP contribution in [0.3, 0.4) is 0 Å². The quantitative estimate of drug-likeness (QED) is 0.801. The minimum absolute atomic E-state index is 0.194. The van der Waals surface area contributed by atoms with Gasteiger partial charge in [-0.1, -0.05) is 18.9 Å². The molecule has 1 aromatic rings. The molecule has 2 N–H and O–H groups in total. The summed E-state index contributed by atoms with van der Waals surface area (Å²) < 4.78 is 0. The van der Waals surface area contributed by atoms with Crippen LogP contribution in [0.5, 0.6) is 0 Å². The molecule has 24 heavy (non-hydrogen) atoms. The van der Waals surface area contributed by atoms with E-state index in [-0.39, 0.29) is 6.04 Å². The molecule has 0 unspecified atom stereocenters. The predicted molar refractivity (Wildman–Crippen MR) is 96.1 cm³/mol. The normalized spacial score (nSPS) is 20.2. The van der Waals surface area contributed by atoms with Crippen LogP contribution >= 0.6 is 11.3 Å². The first kappa shape index (κ1) is 17.4. The molecule has 132 valence electrons. The molecule has 1 aromatic heterocycles. The number of likely N-dealkylation sites (tertiary alicyclic amines) is 1. The van der Waals surface area contributed by atoms with Crippen molar-refractivity contribution in [3.63, 3.8) is 0 Å². The number of thiophene rings is 1. The van der Waals surface area contributed by atoms with Crippen molar-refractivity contribution in [3.8, 4) is 0 Å². The Kier molecular flexibility index (Phi) is 6.26. The molecule has 0 radical (unpaired) electrons. The van der Waals surface area contributed by atoms with E-state index in [0.29, 0.717) is 12.5 Å². The summed E-state index contributed by atoms with van der Waals surface area (Å²) in [4.78, 5) is 27.5. The second-order valence-corrected chi connectivity index (χ2v) is 7.82. The number of hydrogen-bond donors (Lipinski definition) is 2. The van der Waals surface area contributed by atoms with Gasteiger partial charge in [0.2, 0.25) is 0 Å². The van der Waals surface area contributed by atoms with Crippen molar-refractivity contribution >= 4 is 23.2 Å². The number of nitrogens with one attached hydrogen (secondary N) is 2. The van der Waals surface area contributed by atoms with Crippen LogP contribution in [0, 0.1) is 0 Å². The number of amides is 2. The minimum Gasteiger partial charge on any atom is -0.347 e. The second kappa shape index (κ2) is 8.62. The van der Waals surface area contributed by atoms with Gasteiger partial charge in [-0.3, -0.25) is 9.59 Å². The SMILES string of the molecule is O=C(NCCN1CCC(c2cccs2)CC1)C(=O)NC1CCCC1. The maximum Gasteiger partial charge on any atom is 0.309 e. The topological polar surface area (TPSA) is 61.4 Å². The van der Waals surface area contributed by atoms with Gasteiger partial charge < -0.3 is 15.5 Å². The molecule has 2 aliphatic rings. The lowest BCUT2D eigenvalue weighted by Crippen LogP contribution is -2.46. The van der Waals surface area contributed by atoms with Crippen LogP contribution in [0.2, 0.25) is 0 Å². The monoisotopic (exact) mass is 349 g/mol. The first-order chi connectivity index (χ1) is 11.7. The van der Waals surface area contributed by atoms with Gasteiger partial charge in [0.25, 0.3) is 0 Å². The molecule has 1 aliphatic carbocycles. The number of hydrogen-bond acceptors (Lipinski definition) is 4. The van der Waals surface area contributed by atoms with E-state index in [4.69, 9.17) is 0 Å². The van der Waals surface area contributed by atoms with Crippen LogP contribution in [0.1, 0.15) is 49.3 Å². The van der Waals surface area contributed by atoms with Crippen LogP contribution in [-0.4, -0.2) is 48.9 Å². The Morgan fingerprint density at radius 1 is 1.12 bits per heavy atom. The molecule has 2 fully saturated rings. The Morgan fingerprint density at radius 3 is 2.54 bits per heavy atom. The summed E-state index contributed by atoms with van der Waals surface area (Å²) in [6.07, 6.45) is 6.64. The van der Waals surface area contributed by atoms with Crippen LogP contribution in [0.15, 0.2) is 17.5 Å². The standard InChI is InChI=1S/C18H27N3O2S/c22-17(18(23)20-15-4-1-2-5-15)19-9-12-21-10-7-14(8-11-21)16-6-3-13-24-16/h3,6,13-15H,1-2,4-5,7-12H2,(H,19,22)(H,20,23). The molecule has 2 heterocycles. The van der Waals surface area contributed by atoms with E-state index in [1.165, 1.54) is 17.7 Å². The fourth-order valence-electron chi connectivity index (χ4n) is 3.69. The van der Waals surface area contributed by atoms with Crippen molar-refractivity contribution in [2.24, 2.45) is 0 Å². The molecule has 1 saturated heterocycles. The Balaban J connectivity index is 1.30. The summed E-state index contributed by atoms with van der Waals surface area (Å²) in [5.41, 5.74) is 0. The third-order valence-corrected chi connectivity index (χ3v) is 6.18. The van der Waals surface area contributed by atoms with Gasteiger partial charge in [-0.25, -0.2) is 0 Å².